The van der Waals surface area contributed by atoms with Gasteiger partial charge in [-0.2, -0.15) is 0 Å². The van der Waals surface area contributed by atoms with E-state index in [1.165, 1.54) is 0 Å². The van der Waals surface area contributed by atoms with Gasteiger partial charge in [0, 0.05) is 25.3 Å². The van der Waals surface area contributed by atoms with Crippen LogP contribution in [0.15, 0.2) is 0 Å². The summed E-state index contributed by atoms with van der Waals surface area (Å²) in [7, 11) is 0. The van der Waals surface area contributed by atoms with Crippen LogP contribution in [0.4, 0.5) is 0 Å². The van der Waals surface area contributed by atoms with Gasteiger partial charge in [0.1, 0.15) is 0 Å². The molecule has 0 aromatic heterocycles. The van der Waals surface area contributed by atoms with E-state index in [1.807, 2.05) is 6.92 Å². The molecule has 0 saturated heterocycles. The molecule has 0 amide bonds. The van der Waals surface area contributed by atoms with Crippen LogP contribution in [0, 0.1) is 0 Å². The van der Waals surface area contributed by atoms with Crippen molar-refractivity contribution in [2.75, 3.05) is 26.4 Å². The molecule has 4 heteroatoms. The second-order valence-corrected chi connectivity index (χ2v) is 3.16. The molecule has 12 heavy (non-hydrogen) atoms. The maximum absolute atomic E-state index is 8.74. The third kappa shape index (κ3) is 4.66. The van der Waals surface area contributed by atoms with Crippen molar-refractivity contribution in [1.29, 1.82) is 0 Å². The topological polar surface area (TPSA) is 72.7 Å². The van der Waals surface area contributed by atoms with E-state index < -0.39 is 0 Å². The predicted octanol–water partition coefficient (Wildman–Crippen LogP) is -0.908. The van der Waals surface area contributed by atoms with Crippen LogP contribution in [0.25, 0.3) is 0 Å². The first-order valence-corrected chi connectivity index (χ1v) is 4.26. The summed E-state index contributed by atoms with van der Waals surface area (Å²) in [5.41, 5.74) is -0.258. The average Bonchev–Trinajstić information content (AvgIpc) is 2.02. The van der Waals surface area contributed by atoms with Gasteiger partial charge in [-0.15, -0.1) is 0 Å². The molecule has 0 aliphatic heterocycles. The second kappa shape index (κ2) is 6.37. The molecular weight excluding hydrogens is 158 g/mol. The summed E-state index contributed by atoms with van der Waals surface area (Å²) in [5.74, 6) is 0. The number of aliphatic hydroxyl groups excluding tert-OH is 3. The molecular formula is C8H19NO3. The largest absolute Gasteiger partial charge is 0.396 e. The minimum absolute atomic E-state index is 0.0758. The molecule has 4 N–H and O–H groups in total. The summed E-state index contributed by atoms with van der Waals surface area (Å²) < 4.78 is 0. The van der Waals surface area contributed by atoms with Gasteiger partial charge in [-0.05, 0) is 19.8 Å². The highest BCUT2D eigenvalue weighted by Crippen LogP contribution is 2.12. The first-order valence-electron chi connectivity index (χ1n) is 4.26. The number of rotatable bonds is 7. The van der Waals surface area contributed by atoms with Crippen LogP contribution in [0.5, 0.6) is 0 Å². The van der Waals surface area contributed by atoms with E-state index >= 15 is 0 Å². The van der Waals surface area contributed by atoms with Crippen LogP contribution in [0.2, 0.25) is 0 Å². The number of β-amino-alcohol motifs (C(OH)–C–C–N with tert-alkyl or cyclic N) is 1. The first-order chi connectivity index (χ1) is 5.68. The van der Waals surface area contributed by atoms with E-state index in [4.69, 9.17) is 15.3 Å². The number of nitrogens with one attached hydrogen (secondary N) is 1. The standard InChI is InChI=1S/C8H19NO3/c1-8(2-5-10,3-6-11)9-4-7-12/h9-12H,2-7H2,1H3. The highest BCUT2D eigenvalue weighted by Gasteiger charge is 2.21. The van der Waals surface area contributed by atoms with E-state index in [9.17, 15) is 0 Å². The minimum Gasteiger partial charge on any atom is -0.396 e. The Morgan fingerprint density at radius 3 is 1.83 bits per heavy atom. The van der Waals surface area contributed by atoms with Crippen molar-refractivity contribution in [3.05, 3.63) is 0 Å². The van der Waals surface area contributed by atoms with E-state index in [-0.39, 0.29) is 25.4 Å². The molecule has 0 heterocycles. The number of hydrogen-bond acceptors (Lipinski definition) is 4. The Balaban J connectivity index is 3.80. The lowest BCUT2D eigenvalue weighted by Gasteiger charge is -2.29. The number of aliphatic hydroxyl groups is 3. The zero-order valence-corrected chi connectivity index (χ0v) is 7.58. The lowest BCUT2D eigenvalue weighted by Crippen LogP contribution is -2.45. The van der Waals surface area contributed by atoms with Gasteiger partial charge in [0.25, 0.3) is 0 Å². The molecule has 0 rings (SSSR count). The molecule has 0 spiro atoms. The average molecular weight is 177 g/mol. The normalized spacial score (nSPS) is 12.0. The quantitative estimate of drug-likeness (QED) is 0.406. The molecule has 0 saturated carbocycles. The van der Waals surface area contributed by atoms with E-state index in [1.54, 1.807) is 0 Å². The summed E-state index contributed by atoms with van der Waals surface area (Å²) in [6, 6.07) is 0. The van der Waals surface area contributed by atoms with Crippen LogP contribution in [0.1, 0.15) is 19.8 Å². The summed E-state index contributed by atoms with van der Waals surface area (Å²) >= 11 is 0. The number of hydrogen-bond donors (Lipinski definition) is 4. The molecule has 0 aromatic rings. The molecule has 0 bridgehead atoms. The Morgan fingerprint density at radius 2 is 1.50 bits per heavy atom. The molecule has 0 unspecified atom stereocenters. The maximum Gasteiger partial charge on any atom is 0.0556 e. The molecule has 4 nitrogen and oxygen atoms in total. The summed E-state index contributed by atoms with van der Waals surface area (Å²) in [6.45, 7) is 2.68. The molecule has 0 aliphatic rings. The monoisotopic (exact) mass is 177 g/mol. The Hall–Kier alpha value is -0.160. The van der Waals surface area contributed by atoms with Gasteiger partial charge >= 0.3 is 0 Å². The van der Waals surface area contributed by atoms with E-state index in [0.717, 1.165) is 0 Å². The van der Waals surface area contributed by atoms with Crippen molar-refractivity contribution in [3.8, 4) is 0 Å². The smallest absolute Gasteiger partial charge is 0.0556 e. The van der Waals surface area contributed by atoms with Gasteiger partial charge in [0.2, 0.25) is 0 Å². The van der Waals surface area contributed by atoms with Crippen molar-refractivity contribution in [2.45, 2.75) is 25.3 Å². The Labute approximate surface area is 73.2 Å². The molecule has 0 radical (unpaired) electrons. The summed E-state index contributed by atoms with van der Waals surface area (Å²) in [4.78, 5) is 0. The molecule has 0 fully saturated rings. The van der Waals surface area contributed by atoms with Crippen LogP contribution in [0.3, 0.4) is 0 Å². The SMILES string of the molecule is CC(CCO)(CCO)NCCO. The first kappa shape index (κ1) is 11.8. The van der Waals surface area contributed by atoms with Crippen LogP contribution >= 0.6 is 0 Å². The zero-order chi connectivity index (χ0) is 9.45. The highest BCUT2D eigenvalue weighted by molar-refractivity contribution is 4.82. The van der Waals surface area contributed by atoms with Gasteiger partial charge in [-0.1, -0.05) is 0 Å². The zero-order valence-electron chi connectivity index (χ0n) is 7.58. The molecule has 0 atom stereocenters. The fourth-order valence-corrected chi connectivity index (χ4v) is 1.15. The molecule has 0 aliphatic carbocycles. The third-order valence-corrected chi connectivity index (χ3v) is 1.99. The van der Waals surface area contributed by atoms with Crippen LogP contribution < -0.4 is 5.32 Å². The third-order valence-electron chi connectivity index (χ3n) is 1.99. The maximum atomic E-state index is 8.74. The Kier molecular flexibility index (Phi) is 6.28. The Bertz CT molecular complexity index is 102. The van der Waals surface area contributed by atoms with Gasteiger partial charge in [0.15, 0.2) is 0 Å². The summed E-state index contributed by atoms with van der Waals surface area (Å²) in [5, 5.41) is 29.1. The lowest BCUT2D eigenvalue weighted by atomic mass is 9.94. The van der Waals surface area contributed by atoms with Crippen molar-refractivity contribution in [3.63, 3.8) is 0 Å². The van der Waals surface area contributed by atoms with Crippen LogP contribution in [-0.2, 0) is 0 Å². The van der Waals surface area contributed by atoms with E-state index in [0.29, 0.717) is 19.4 Å². The van der Waals surface area contributed by atoms with Gasteiger partial charge in [-0.3, -0.25) is 0 Å². The van der Waals surface area contributed by atoms with Gasteiger partial charge in [-0.25, -0.2) is 0 Å². The van der Waals surface area contributed by atoms with Crippen molar-refractivity contribution < 1.29 is 15.3 Å². The Morgan fingerprint density at radius 1 is 1.00 bits per heavy atom. The fourth-order valence-electron chi connectivity index (χ4n) is 1.15. The minimum atomic E-state index is -0.258. The summed E-state index contributed by atoms with van der Waals surface area (Å²) in [6.07, 6.45) is 1.18. The fraction of sp³-hybridized carbons (Fsp3) is 1.00. The van der Waals surface area contributed by atoms with Crippen molar-refractivity contribution in [2.24, 2.45) is 0 Å². The highest BCUT2D eigenvalue weighted by atomic mass is 16.3. The van der Waals surface area contributed by atoms with Crippen molar-refractivity contribution >= 4 is 0 Å². The lowest BCUT2D eigenvalue weighted by molar-refractivity contribution is 0.166. The van der Waals surface area contributed by atoms with Crippen molar-refractivity contribution in [1.82, 2.24) is 5.32 Å². The van der Waals surface area contributed by atoms with Gasteiger partial charge in [0.05, 0.1) is 6.61 Å². The predicted molar refractivity (Wildman–Crippen MR) is 46.9 cm³/mol. The molecule has 74 valence electrons. The van der Waals surface area contributed by atoms with Crippen LogP contribution in [-0.4, -0.2) is 47.2 Å². The second-order valence-electron chi connectivity index (χ2n) is 3.16. The molecule has 0 aromatic carbocycles. The van der Waals surface area contributed by atoms with E-state index in [2.05, 4.69) is 5.32 Å². The van der Waals surface area contributed by atoms with Gasteiger partial charge < -0.3 is 20.6 Å².